The van der Waals surface area contributed by atoms with Gasteiger partial charge in [0.15, 0.2) is 0 Å². The Kier molecular flexibility index (Phi) is 3.87. The maximum absolute atomic E-state index is 11.9. The Bertz CT molecular complexity index is 460. The molecule has 1 aromatic rings. The molecule has 0 radical (unpaired) electrons. The summed E-state index contributed by atoms with van der Waals surface area (Å²) < 4.78 is 0. The van der Waals surface area contributed by atoms with Gasteiger partial charge in [0.1, 0.15) is 17.2 Å². The van der Waals surface area contributed by atoms with Crippen molar-refractivity contribution < 1.29 is 4.79 Å². The molecule has 1 fully saturated rings. The normalized spacial score (nSPS) is 18.1. The van der Waals surface area contributed by atoms with E-state index in [0.29, 0.717) is 6.54 Å². The van der Waals surface area contributed by atoms with Crippen LogP contribution in [0.3, 0.4) is 0 Å². The van der Waals surface area contributed by atoms with Crippen LogP contribution in [-0.4, -0.2) is 41.0 Å². The molecule has 1 aromatic heterocycles. The van der Waals surface area contributed by atoms with Crippen molar-refractivity contribution in [2.75, 3.05) is 29.9 Å². The van der Waals surface area contributed by atoms with Crippen LogP contribution in [0.2, 0.25) is 0 Å². The van der Waals surface area contributed by atoms with Gasteiger partial charge >= 0.3 is 0 Å². The van der Waals surface area contributed by atoms with E-state index in [1.165, 1.54) is 0 Å². The molecule has 0 aromatic carbocycles. The predicted molar refractivity (Wildman–Crippen MR) is 75.2 cm³/mol. The summed E-state index contributed by atoms with van der Waals surface area (Å²) in [4.78, 5) is 22.7. The lowest BCUT2D eigenvalue weighted by Gasteiger charge is -2.41. The molecule has 104 valence electrons. The lowest BCUT2D eigenvalue weighted by atomic mass is 9.99. The number of hydrogen-bond donors (Lipinski definition) is 2. The summed E-state index contributed by atoms with van der Waals surface area (Å²) in [6.07, 6.45) is 4.44. The maximum atomic E-state index is 11.9. The highest BCUT2D eigenvalue weighted by Crippen LogP contribution is 2.24. The number of aromatic nitrogens is 2. The molecule has 0 unspecified atom stereocenters. The van der Waals surface area contributed by atoms with Gasteiger partial charge in [0.25, 0.3) is 0 Å². The second-order valence-electron chi connectivity index (χ2n) is 5.16. The predicted octanol–water partition coefficient (Wildman–Crippen LogP) is 1.01. The first kappa shape index (κ1) is 13.6. The van der Waals surface area contributed by atoms with Crippen LogP contribution in [0.4, 0.5) is 11.6 Å². The van der Waals surface area contributed by atoms with E-state index in [1.54, 1.807) is 12.4 Å². The van der Waals surface area contributed by atoms with Crippen LogP contribution in [0.25, 0.3) is 0 Å². The van der Waals surface area contributed by atoms with Crippen LogP contribution in [-0.2, 0) is 4.79 Å². The van der Waals surface area contributed by atoms with Crippen molar-refractivity contribution in [1.29, 1.82) is 0 Å². The summed E-state index contributed by atoms with van der Waals surface area (Å²) in [7, 11) is 0. The standard InChI is InChI=1S/C13H21N5O/c1-4-5-15-10-8-14-9-11(17-10)18-7-6-16-12(19)13(18,2)3/h8-9H,4-7H2,1-3H3,(H,15,17)(H,16,19). The molecule has 0 spiro atoms. The van der Waals surface area contributed by atoms with Crippen LogP contribution in [0.1, 0.15) is 27.2 Å². The van der Waals surface area contributed by atoms with E-state index in [2.05, 4.69) is 27.5 Å². The fraction of sp³-hybridized carbons (Fsp3) is 0.615. The van der Waals surface area contributed by atoms with E-state index in [1.807, 2.05) is 18.7 Å². The average molecular weight is 263 g/mol. The summed E-state index contributed by atoms with van der Waals surface area (Å²) in [5.41, 5.74) is -0.601. The Labute approximate surface area is 113 Å². The quantitative estimate of drug-likeness (QED) is 0.848. The van der Waals surface area contributed by atoms with Gasteiger partial charge in [-0.05, 0) is 20.3 Å². The monoisotopic (exact) mass is 263 g/mol. The molecule has 2 heterocycles. The highest BCUT2D eigenvalue weighted by Gasteiger charge is 2.38. The molecule has 0 saturated carbocycles. The van der Waals surface area contributed by atoms with Crippen LogP contribution in [0, 0.1) is 0 Å². The topological polar surface area (TPSA) is 70.2 Å². The van der Waals surface area contributed by atoms with Crippen LogP contribution in [0.5, 0.6) is 0 Å². The van der Waals surface area contributed by atoms with Crippen molar-refractivity contribution >= 4 is 17.5 Å². The second-order valence-corrected chi connectivity index (χ2v) is 5.16. The van der Waals surface area contributed by atoms with Gasteiger partial charge < -0.3 is 15.5 Å². The van der Waals surface area contributed by atoms with Crippen molar-refractivity contribution in [1.82, 2.24) is 15.3 Å². The first-order valence-corrected chi connectivity index (χ1v) is 6.67. The van der Waals surface area contributed by atoms with E-state index in [0.717, 1.165) is 31.1 Å². The molecule has 6 nitrogen and oxygen atoms in total. The molecule has 6 heteroatoms. The van der Waals surface area contributed by atoms with Gasteiger partial charge in [0.2, 0.25) is 5.91 Å². The minimum Gasteiger partial charge on any atom is -0.369 e. The third kappa shape index (κ3) is 2.77. The number of piperazine rings is 1. The largest absolute Gasteiger partial charge is 0.369 e. The number of amides is 1. The van der Waals surface area contributed by atoms with E-state index >= 15 is 0 Å². The van der Waals surface area contributed by atoms with Crippen molar-refractivity contribution in [2.24, 2.45) is 0 Å². The molecule has 1 amide bonds. The Morgan fingerprint density at radius 1 is 1.47 bits per heavy atom. The minimum atomic E-state index is -0.601. The molecule has 19 heavy (non-hydrogen) atoms. The highest BCUT2D eigenvalue weighted by molar-refractivity contribution is 5.90. The molecular formula is C13H21N5O. The van der Waals surface area contributed by atoms with E-state index in [4.69, 9.17) is 0 Å². The van der Waals surface area contributed by atoms with Crippen LogP contribution >= 0.6 is 0 Å². The summed E-state index contributed by atoms with van der Waals surface area (Å²) >= 11 is 0. The number of anilines is 2. The summed E-state index contributed by atoms with van der Waals surface area (Å²) in [6.45, 7) is 8.14. The second kappa shape index (κ2) is 5.42. The fourth-order valence-electron chi connectivity index (χ4n) is 2.12. The third-order valence-corrected chi connectivity index (χ3v) is 3.31. The number of rotatable bonds is 4. The van der Waals surface area contributed by atoms with E-state index in [9.17, 15) is 4.79 Å². The SMILES string of the molecule is CCCNc1cncc(N2CCNC(=O)C2(C)C)n1. The molecule has 1 saturated heterocycles. The number of hydrogen-bond acceptors (Lipinski definition) is 5. The number of nitrogens with one attached hydrogen (secondary N) is 2. The van der Waals surface area contributed by atoms with Gasteiger partial charge in [-0.15, -0.1) is 0 Å². The van der Waals surface area contributed by atoms with Gasteiger partial charge in [-0.25, -0.2) is 4.98 Å². The molecule has 1 aliphatic rings. The molecule has 0 bridgehead atoms. The Morgan fingerprint density at radius 3 is 3.00 bits per heavy atom. The highest BCUT2D eigenvalue weighted by atomic mass is 16.2. The first-order valence-electron chi connectivity index (χ1n) is 6.67. The number of nitrogens with zero attached hydrogens (tertiary/aromatic N) is 3. The number of carbonyl (C=O) groups excluding carboxylic acids is 1. The first-order chi connectivity index (χ1) is 9.05. The third-order valence-electron chi connectivity index (χ3n) is 3.31. The van der Waals surface area contributed by atoms with Crippen LogP contribution in [0.15, 0.2) is 12.4 Å². The summed E-state index contributed by atoms with van der Waals surface area (Å²) in [5, 5.41) is 6.09. The summed E-state index contributed by atoms with van der Waals surface area (Å²) in [5.74, 6) is 1.51. The Hall–Kier alpha value is -1.85. The van der Waals surface area contributed by atoms with E-state index in [-0.39, 0.29) is 5.91 Å². The Morgan fingerprint density at radius 2 is 2.26 bits per heavy atom. The zero-order valence-corrected chi connectivity index (χ0v) is 11.7. The van der Waals surface area contributed by atoms with Crippen LogP contribution < -0.4 is 15.5 Å². The zero-order valence-electron chi connectivity index (χ0n) is 11.7. The zero-order chi connectivity index (χ0) is 13.9. The van der Waals surface area contributed by atoms with Crippen molar-refractivity contribution in [3.63, 3.8) is 0 Å². The molecule has 1 aliphatic heterocycles. The number of carbonyl (C=O) groups is 1. The molecular weight excluding hydrogens is 242 g/mol. The van der Waals surface area contributed by atoms with Gasteiger partial charge in [0, 0.05) is 19.6 Å². The lowest BCUT2D eigenvalue weighted by Crippen LogP contribution is -2.62. The van der Waals surface area contributed by atoms with Gasteiger partial charge in [-0.3, -0.25) is 9.78 Å². The average Bonchev–Trinajstić information content (AvgIpc) is 2.40. The lowest BCUT2D eigenvalue weighted by molar-refractivity contribution is -0.126. The summed E-state index contributed by atoms with van der Waals surface area (Å²) in [6, 6.07) is 0. The van der Waals surface area contributed by atoms with Gasteiger partial charge in [-0.2, -0.15) is 0 Å². The van der Waals surface area contributed by atoms with E-state index < -0.39 is 5.54 Å². The van der Waals surface area contributed by atoms with Crippen molar-refractivity contribution in [3.8, 4) is 0 Å². The fourth-order valence-corrected chi connectivity index (χ4v) is 2.12. The van der Waals surface area contributed by atoms with Crippen molar-refractivity contribution in [3.05, 3.63) is 12.4 Å². The maximum Gasteiger partial charge on any atom is 0.245 e. The molecule has 2 rings (SSSR count). The Balaban J connectivity index is 2.23. The molecule has 0 atom stereocenters. The van der Waals surface area contributed by atoms with Gasteiger partial charge in [-0.1, -0.05) is 6.92 Å². The van der Waals surface area contributed by atoms with Crippen molar-refractivity contribution in [2.45, 2.75) is 32.7 Å². The minimum absolute atomic E-state index is 0.0208. The molecule has 0 aliphatic carbocycles. The molecule has 2 N–H and O–H groups in total. The smallest absolute Gasteiger partial charge is 0.245 e. The van der Waals surface area contributed by atoms with Gasteiger partial charge in [0.05, 0.1) is 12.4 Å².